The summed E-state index contributed by atoms with van der Waals surface area (Å²) < 4.78 is 1.76. The average molecular weight is 357 g/mol. The number of amides is 2. The number of thiazole rings is 1. The molecule has 0 spiro atoms. The SMILES string of the molecule is N#CCSc1nc2ccc(N3C(=O)[C@H]4CCCC[C@@H]4C3=O)cc2s1. The number of imide groups is 1. The van der Waals surface area contributed by atoms with Gasteiger partial charge in [-0.1, -0.05) is 24.6 Å². The number of aromatic nitrogens is 1. The van der Waals surface area contributed by atoms with E-state index in [4.69, 9.17) is 5.26 Å². The molecule has 1 saturated heterocycles. The van der Waals surface area contributed by atoms with Crippen LogP contribution in [-0.2, 0) is 9.59 Å². The molecule has 2 amide bonds. The normalized spacial score (nSPS) is 23.5. The van der Waals surface area contributed by atoms with Gasteiger partial charge in [-0.25, -0.2) is 4.98 Å². The van der Waals surface area contributed by atoms with Gasteiger partial charge < -0.3 is 0 Å². The number of benzene rings is 1. The Hall–Kier alpha value is -1.91. The summed E-state index contributed by atoms with van der Waals surface area (Å²) in [5, 5.41) is 8.67. The number of fused-ring (bicyclic) bond motifs is 2. The van der Waals surface area contributed by atoms with Crippen molar-refractivity contribution in [3.63, 3.8) is 0 Å². The van der Waals surface area contributed by atoms with Crippen molar-refractivity contribution in [3.05, 3.63) is 18.2 Å². The fourth-order valence-electron chi connectivity index (χ4n) is 3.60. The van der Waals surface area contributed by atoms with Gasteiger partial charge in [-0.2, -0.15) is 5.26 Å². The van der Waals surface area contributed by atoms with Crippen LogP contribution in [0.3, 0.4) is 0 Å². The molecule has 1 aliphatic carbocycles. The third-order valence-corrected chi connectivity index (χ3v) is 6.74. The first-order chi connectivity index (χ1) is 11.7. The van der Waals surface area contributed by atoms with E-state index in [0.29, 0.717) is 11.4 Å². The molecule has 2 atom stereocenters. The van der Waals surface area contributed by atoms with E-state index in [-0.39, 0.29) is 23.7 Å². The van der Waals surface area contributed by atoms with Gasteiger partial charge in [-0.05, 0) is 31.0 Å². The Bertz CT molecular complexity index is 846. The molecule has 1 aromatic heterocycles. The molecule has 2 fully saturated rings. The van der Waals surface area contributed by atoms with Gasteiger partial charge in [0.05, 0.1) is 39.6 Å². The van der Waals surface area contributed by atoms with Crippen molar-refractivity contribution in [1.29, 1.82) is 5.26 Å². The molecule has 0 unspecified atom stereocenters. The lowest BCUT2D eigenvalue weighted by molar-refractivity contribution is -0.122. The van der Waals surface area contributed by atoms with Gasteiger partial charge in [0.15, 0.2) is 4.34 Å². The maximum atomic E-state index is 12.7. The van der Waals surface area contributed by atoms with Crippen LogP contribution >= 0.6 is 23.1 Å². The van der Waals surface area contributed by atoms with E-state index in [9.17, 15) is 9.59 Å². The summed E-state index contributed by atoms with van der Waals surface area (Å²) in [6.45, 7) is 0. The molecule has 5 nitrogen and oxygen atoms in total. The molecular formula is C17H15N3O2S2. The van der Waals surface area contributed by atoms with Gasteiger partial charge in [0.25, 0.3) is 0 Å². The summed E-state index contributed by atoms with van der Waals surface area (Å²) in [4.78, 5) is 31.2. The topological polar surface area (TPSA) is 74.1 Å². The van der Waals surface area contributed by atoms with Crippen LogP contribution in [-0.4, -0.2) is 22.6 Å². The van der Waals surface area contributed by atoms with Crippen LogP contribution < -0.4 is 4.90 Å². The fraction of sp³-hybridized carbons (Fsp3) is 0.412. The van der Waals surface area contributed by atoms with Crippen molar-refractivity contribution in [1.82, 2.24) is 4.98 Å². The zero-order chi connectivity index (χ0) is 16.7. The molecule has 122 valence electrons. The number of carbonyl (C=O) groups excluding carboxylic acids is 2. The molecule has 7 heteroatoms. The van der Waals surface area contributed by atoms with E-state index in [1.54, 1.807) is 6.07 Å². The second kappa shape index (κ2) is 6.19. The van der Waals surface area contributed by atoms with Gasteiger partial charge in [0, 0.05) is 0 Å². The summed E-state index contributed by atoms with van der Waals surface area (Å²) in [6, 6.07) is 7.61. The average Bonchev–Trinajstić information content (AvgIpc) is 3.12. The summed E-state index contributed by atoms with van der Waals surface area (Å²) in [5.74, 6) is -0.00494. The van der Waals surface area contributed by atoms with Gasteiger partial charge in [0.1, 0.15) is 0 Å². The van der Waals surface area contributed by atoms with Gasteiger partial charge in [0.2, 0.25) is 11.8 Å². The monoisotopic (exact) mass is 357 g/mol. The van der Waals surface area contributed by atoms with Crippen LogP contribution in [0, 0.1) is 23.2 Å². The molecule has 1 aromatic carbocycles. The highest BCUT2D eigenvalue weighted by molar-refractivity contribution is 8.01. The van der Waals surface area contributed by atoms with Crippen molar-refractivity contribution < 1.29 is 9.59 Å². The molecule has 0 radical (unpaired) electrons. The van der Waals surface area contributed by atoms with Crippen LogP contribution in [0.5, 0.6) is 0 Å². The number of nitriles is 1. The fourth-order valence-corrected chi connectivity index (χ4v) is 5.37. The van der Waals surface area contributed by atoms with Crippen LogP contribution in [0.15, 0.2) is 22.5 Å². The van der Waals surface area contributed by atoms with Crippen molar-refractivity contribution >= 4 is 50.8 Å². The lowest BCUT2D eigenvalue weighted by atomic mass is 9.81. The first-order valence-corrected chi connectivity index (χ1v) is 9.77. The Morgan fingerprint density at radius 2 is 1.96 bits per heavy atom. The van der Waals surface area contributed by atoms with Gasteiger partial charge in [-0.3, -0.25) is 14.5 Å². The number of hydrogen-bond donors (Lipinski definition) is 0. The third-order valence-electron chi connectivity index (χ3n) is 4.71. The maximum Gasteiger partial charge on any atom is 0.237 e. The van der Waals surface area contributed by atoms with Crippen LogP contribution in [0.1, 0.15) is 25.7 Å². The lowest BCUT2D eigenvalue weighted by Crippen LogP contribution is -2.30. The Balaban J connectivity index is 1.67. The zero-order valence-corrected chi connectivity index (χ0v) is 14.5. The van der Waals surface area contributed by atoms with E-state index in [1.807, 2.05) is 12.1 Å². The van der Waals surface area contributed by atoms with Crippen LogP contribution in [0.4, 0.5) is 5.69 Å². The standard InChI is InChI=1S/C17H15N3O2S2/c18-7-8-23-17-19-13-6-5-10(9-14(13)24-17)20-15(21)11-3-1-2-4-12(11)16(20)22/h5-6,9,11-12H,1-4,8H2/t11-,12-/m0/s1. The Morgan fingerprint density at radius 1 is 1.25 bits per heavy atom. The maximum absolute atomic E-state index is 12.7. The number of carbonyl (C=O) groups is 2. The summed E-state index contributed by atoms with van der Waals surface area (Å²) in [7, 11) is 0. The molecule has 0 N–H and O–H groups in total. The van der Waals surface area contributed by atoms with E-state index in [1.165, 1.54) is 28.0 Å². The van der Waals surface area contributed by atoms with E-state index in [0.717, 1.165) is 40.2 Å². The second-order valence-corrected chi connectivity index (χ2v) is 8.34. The molecule has 1 saturated carbocycles. The smallest absolute Gasteiger partial charge is 0.237 e. The van der Waals surface area contributed by atoms with Crippen molar-refractivity contribution in [2.24, 2.45) is 11.8 Å². The number of rotatable bonds is 3. The molecule has 24 heavy (non-hydrogen) atoms. The molecule has 2 aliphatic rings. The van der Waals surface area contributed by atoms with Gasteiger partial charge in [-0.15, -0.1) is 11.3 Å². The largest absolute Gasteiger partial charge is 0.274 e. The van der Waals surface area contributed by atoms with E-state index < -0.39 is 0 Å². The number of anilines is 1. The lowest BCUT2D eigenvalue weighted by Gasteiger charge is -2.19. The summed E-state index contributed by atoms with van der Waals surface area (Å²) in [6.07, 6.45) is 3.70. The number of nitrogens with zero attached hydrogens (tertiary/aromatic N) is 3. The highest BCUT2D eigenvalue weighted by Crippen LogP contribution is 2.41. The Kier molecular flexibility index (Phi) is 4.02. The number of hydrogen-bond acceptors (Lipinski definition) is 6. The second-order valence-electron chi connectivity index (χ2n) is 6.09. The van der Waals surface area contributed by atoms with Crippen molar-refractivity contribution in [2.45, 2.75) is 30.0 Å². The predicted molar refractivity (Wildman–Crippen MR) is 93.9 cm³/mol. The molecule has 2 heterocycles. The quantitative estimate of drug-likeness (QED) is 0.620. The minimum absolute atomic E-state index is 0.0485. The zero-order valence-electron chi connectivity index (χ0n) is 12.9. The molecular weight excluding hydrogens is 342 g/mol. The van der Waals surface area contributed by atoms with Gasteiger partial charge >= 0.3 is 0 Å². The molecule has 1 aliphatic heterocycles. The van der Waals surface area contributed by atoms with E-state index in [2.05, 4.69) is 11.1 Å². The molecule has 0 bridgehead atoms. The third kappa shape index (κ3) is 2.50. The summed E-state index contributed by atoms with van der Waals surface area (Å²) in [5.41, 5.74) is 1.48. The minimum atomic E-state index is -0.134. The molecule has 2 aromatic rings. The van der Waals surface area contributed by atoms with Crippen molar-refractivity contribution in [3.8, 4) is 6.07 Å². The first-order valence-electron chi connectivity index (χ1n) is 7.97. The van der Waals surface area contributed by atoms with Crippen LogP contribution in [0.2, 0.25) is 0 Å². The molecule has 4 rings (SSSR count). The predicted octanol–water partition coefficient (Wildman–Crippen LogP) is 3.59. The first kappa shape index (κ1) is 15.6. The summed E-state index contributed by atoms with van der Waals surface area (Å²) >= 11 is 2.89. The number of thioether (sulfide) groups is 1. The highest BCUT2D eigenvalue weighted by atomic mass is 32.2. The Labute approximate surface area is 147 Å². The highest BCUT2D eigenvalue weighted by Gasteiger charge is 2.48. The Morgan fingerprint density at radius 3 is 2.62 bits per heavy atom. The van der Waals surface area contributed by atoms with E-state index >= 15 is 0 Å². The minimum Gasteiger partial charge on any atom is -0.274 e. The van der Waals surface area contributed by atoms with Crippen LogP contribution in [0.25, 0.3) is 10.2 Å². The van der Waals surface area contributed by atoms with Crippen molar-refractivity contribution in [2.75, 3.05) is 10.7 Å².